The average molecular weight is 475 g/mol. The molecule has 0 aromatic heterocycles. The molecule has 1 amide bonds. The van der Waals surface area contributed by atoms with Gasteiger partial charge in [0.15, 0.2) is 11.5 Å². The lowest BCUT2D eigenvalue weighted by Crippen LogP contribution is -2.51. The molecule has 2 aromatic carbocycles. The maximum atomic E-state index is 13.2. The van der Waals surface area contributed by atoms with Gasteiger partial charge in [0.1, 0.15) is 19.3 Å². The summed E-state index contributed by atoms with van der Waals surface area (Å²) in [5.41, 5.74) is 1.25. The number of hydrogen-bond donors (Lipinski definition) is 1. The number of benzene rings is 2. The van der Waals surface area contributed by atoms with Crippen LogP contribution in [0.3, 0.4) is 0 Å². The molecule has 1 atom stereocenters. The molecule has 2 aliphatic heterocycles. The standard InChI is InChI=1S/C24H30N2O6S/c1-18(26(33(2,28)29)20-8-9-21-22(16-20)32-15-14-31-21)23(27)25-17-24(10-12-30-13-11-24)19-6-4-3-5-7-19/h3-9,16,18H,10-15,17H2,1-2H3,(H,25,27)/t18-/m1/s1. The van der Waals surface area contributed by atoms with Gasteiger partial charge in [-0.05, 0) is 37.5 Å². The van der Waals surface area contributed by atoms with E-state index in [0.717, 1.165) is 29.0 Å². The van der Waals surface area contributed by atoms with Crippen LogP contribution in [0.25, 0.3) is 0 Å². The van der Waals surface area contributed by atoms with E-state index in [9.17, 15) is 13.2 Å². The number of amides is 1. The molecular weight excluding hydrogens is 444 g/mol. The predicted octanol–water partition coefficient (Wildman–Crippen LogP) is 2.48. The van der Waals surface area contributed by atoms with Gasteiger partial charge < -0.3 is 19.5 Å². The van der Waals surface area contributed by atoms with Crippen molar-refractivity contribution >= 4 is 21.6 Å². The molecule has 2 aliphatic rings. The van der Waals surface area contributed by atoms with Crippen molar-refractivity contribution in [2.75, 3.05) is 43.5 Å². The normalized spacial score (nSPS) is 18.2. The van der Waals surface area contributed by atoms with E-state index in [4.69, 9.17) is 14.2 Å². The largest absolute Gasteiger partial charge is 0.486 e. The molecule has 178 valence electrons. The summed E-state index contributed by atoms with van der Waals surface area (Å²) < 4.78 is 43.2. The van der Waals surface area contributed by atoms with Crippen LogP contribution in [0.15, 0.2) is 48.5 Å². The fraction of sp³-hybridized carbons (Fsp3) is 0.458. The number of hydrogen-bond acceptors (Lipinski definition) is 6. The molecule has 9 heteroatoms. The highest BCUT2D eigenvalue weighted by atomic mass is 32.2. The molecular formula is C24H30N2O6S. The minimum atomic E-state index is -3.74. The predicted molar refractivity (Wildman–Crippen MR) is 125 cm³/mol. The molecule has 8 nitrogen and oxygen atoms in total. The van der Waals surface area contributed by atoms with E-state index in [1.807, 2.05) is 18.2 Å². The number of nitrogens with one attached hydrogen (secondary N) is 1. The molecule has 33 heavy (non-hydrogen) atoms. The first-order valence-electron chi connectivity index (χ1n) is 11.1. The maximum Gasteiger partial charge on any atom is 0.243 e. The van der Waals surface area contributed by atoms with Gasteiger partial charge in [-0.1, -0.05) is 30.3 Å². The van der Waals surface area contributed by atoms with Crippen molar-refractivity contribution in [1.29, 1.82) is 0 Å². The molecule has 1 N–H and O–H groups in total. The Morgan fingerprint density at radius 3 is 2.36 bits per heavy atom. The first-order valence-corrected chi connectivity index (χ1v) is 13.0. The maximum absolute atomic E-state index is 13.2. The second-order valence-corrected chi connectivity index (χ2v) is 10.4. The third kappa shape index (κ3) is 5.09. The van der Waals surface area contributed by atoms with Gasteiger partial charge in [-0.3, -0.25) is 9.10 Å². The number of carbonyl (C=O) groups excluding carboxylic acids is 1. The summed E-state index contributed by atoms with van der Waals surface area (Å²) in [7, 11) is -3.74. The number of rotatable bonds is 7. The molecule has 1 saturated heterocycles. The van der Waals surface area contributed by atoms with E-state index in [1.54, 1.807) is 25.1 Å². The van der Waals surface area contributed by atoms with Crippen LogP contribution in [-0.2, 0) is 25.0 Å². The first kappa shape index (κ1) is 23.4. The number of ether oxygens (including phenoxy) is 3. The molecule has 0 saturated carbocycles. The molecule has 2 heterocycles. The molecule has 0 aliphatic carbocycles. The van der Waals surface area contributed by atoms with Crippen LogP contribution in [0.4, 0.5) is 5.69 Å². The van der Waals surface area contributed by atoms with Crippen molar-refractivity contribution in [3.63, 3.8) is 0 Å². The van der Waals surface area contributed by atoms with Crippen LogP contribution in [-0.4, -0.2) is 59.6 Å². The lowest BCUT2D eigenvalue weighted by molar-refractivity contribution is -0.122. The van der Waals surface area contributed by atoms with Crippen LogP contribution >= 0.6 is 0 Å². The molecule has 0 radical (unpaired) electrons. The van der Waals surface area contributed by atoms with Gasteiger partial charge in [-0.25, -0.2) is 8.42 Å². The smallest absolute Gasteiger partial charge is 0.243 e. The highest BCUT2D eigenvalue weighted by molar-refractivity contribution is 7.92. The third-order valence-electron chi connectivity index (χ3n) is 6.31. The van der Waals surface area contributed by atoms with E-state index in [2.05, 4.69) is 17.4 Å². The Kier molecular flexibility index (Phi) is 6.81. The summed E-state index contributed by atoms with van der Waals surface area (Å²) in [5, 5.41) is 3.02. The number of sulfonamides is 1. The quantitative estimate of drug-likeness (QED) is 0.663. The SMILES string of the molecule is C[C@H](C(=O)NCC1(c2ccccc2)CCOCC1)N(c1ccc2c(c1)OCCO2)S(C)(=O)=O. The van der Waals surface area contributed by atoms with Crippen molar-refractivity contribution < 1.29 is 27.4 Å². The Balaban J connectivity index is 1.54. The topological polar surface area (TPSA) is 94.2 Å². The average Bonchev–Trinajstić information content (AvgIpc) is 2.83. The van der Waals surface area contributed by atoms with Crippen molar-refractivity contribution in [2.45, 2.75) is 31.2 Å². The van der Waals surface area contributed by atoms with Crippen LogP contribution < -0.4 is 19.1 Å². The van der Waals surface area contributed by atoms with Gasteiger partial charge in [0.05, 0.1) is 11.9 Å². The lowest BCUT2D eigenvalue weighted by atomic mass is 9.74. The Labute approximate surface area is 194 Å². The highest BCUT2D eigenvalue weighted by Crippen LogP contribution is 2.36. The van der Waals surface area contributed by atoms with E-state index < -0.39 is 16.1 Å². The lowest BCUT2D eigenvalue weighted by Gasteiger charge is -2.38. The van der Waals surface area contributed by atoms with Gasteiger partial charge in [-0.15, -0.1) is 0 Å². The van der Waals surface area contributed by atoms with Crippen molar-refractivity contribution in [3.05, 3.63) is 54.1 Å². The summed E-state index contributed by atoms with van der Waals surface area (Å²) in [6, 6.07) is 14.0. The summed E-state index contributed by atoms with van der Waals surface area (Å²) in [4.78, 5) is 13.2. The van der Waals surface area contributed by atoms with E-state index >= 15 is 0 Å². The molecule has 1 fully saturated rings. The summed E-state index contributed by atoms with van der Waals surface area (Å²) in [5.74, 6) is 0.655. The monoisotopic (exact) mass is 474 g/mol. The highest BCUT2D eigenvalue weighted by Gasteiger charge is 2.36. The van der Waals surface area contributed by atoms with Crippen LogP contribution in [0, 0.1) is 0 Å². The number of nitrogens with zero attached hydrogens (tertiary/aromatic N) is 1. The molecule has 0 unspecified atom stereocenters. The molecule has 4 rings (SSSR count). The Morgan fingerprint density at radius 2 is 1.70 bits per heavy atom. The summed E-state index contributed by atoms with van der Waals surface area (Å²) in [6.45, 7) is 4.06. The van der Waals surface area contributed by atoms with Gasteiger partial charge in [0, 0.05) is 31.2 Å². The fourth-order valence-electron chi connectivity index (χ4n) is 4.50. The fourth-order valence-corrected chi connectivity index (χ4v) is 5.67. The first-order chi connectivity index (χ1) is 15.8. The van der Waals surface area contributed by atoms with Crippen molar-refractivity contribution in [1.82, 2.24) is 5.32 Å². The third-order valence-corrected chi connectivity index (χ3v) is 7.55. The number of anilines is 1. The van der Waals surface area contributed by atoms with E-state index in [1.165, 1.54) is 0 Å². The van der Waals surface area contributed by atoms with Gasteiger partial charge >= 0.3 is 0 Å². The minimum absolute atomic E-state index is 0.248. The Bertz CT molecular complexity index is 1080. The minimum Gasteiger partial charge on any atom is -0.486 e. The number of fused-ring (bicyclic) bond motifs is 1. The van der Waals surface area contributed by atoms with Gasteiger partial charge in [0.2, 0.25) is 15.9 Å². The molecule has 2 aromatic rings. The van der Waals surface area contributed by atoms with Gasteiger partial charge in [0.25, 0.3) is 0 Å². The van der Waals surface area contributed by atoms with E-state index in [-0.39, 0.29) is 11.3 Å². The van der Waals surface area contributed by atoms with Crippen molar-refractivity contribution in [3.8, 4) is 11.5 Å². The number of carbonyl (C=O) groups is 1. The van der Waals surface area contributed by atoms with Crippen LogP contribution in [0.1, 0.15) is 25.3 Å². The summed E-state index contributed by atoms with van der Waals surface area (Å²) >= 11 is 0. The zero-order valence-electron chi connectivity index (χ0n) is 19.0. The molecule has 0 bridgehead atoms. The molecule has 0 spiro atoms. The second kappa shape index (κ2) is 9.61. The summed E-state index contributed by atoms with van der Waals surface area (Å²) in [6.07, 6.45) is 2.66. The van der Waals surface area contributed by atoms with Crippen molar-refractivity contribution in [2.24, 2.45) is 0 Å². The van der Waals surface area contributed by atoms with Crippen LogP contribution in [0.5, 0.6) is 11.5 Å². The zero-order valence-corrected chi connectivity index (χ0v) is 19.8. The zero-order chi connectivity index (χ0) is 23.5. The van der Waals surface area contributed by atoms with E-state index in [0.29, 0.717) is 50.2 Å². The van der Waals surface area contributed by atoms with Crippen LogP contribution in [0.2, 0.25) is 0 Å². The van der Waals surface area contributed by atoms with Gasteiger partial charge in [-0.2, -0.15) is 0 Å². The Hall–Kier alpha value is -2.78. The Morgan fingerprint density at radius 1 is 1.03 bits per heavy atom. The second-order valence-electron chi connectivity index (χ2n) is 8.54.